The van der Waals surface area contributed by atoms with Crippen LogP contribution in [0, 0.1) is 17.8 Å². The number of carbonyl (C=O) groups excluding carboxylic acids is 6. The fourth-order valence-electron chi connectivity index (χ4n) is 4.58. The Morgan fingerprint density at radius 2 is 1.20 bits per heavy atom. The lowest BCUT2D eigenvalue weighted by Gasteiger charge is -2.28. The van der Waals surface area contributed by atoms with E-state index in [1.165, 1.54) is 0 Å². The molecular weight excluding hydrogens is 639 g/mol. The molecule has 1 saturated heterocycles. The molecule has 6 amide bonds. The first kappa shape index (κ1) is 41.3. The van der Waals surface area contributed by atoms with E-state index in [0.717, 1.165) is 0 Å². The van der Waals surface area contributed by atoms with Crippen LogP contribution in [-0.4, -0.2) is 95.7 Å². The molecule has 0 spiro atoms. The summed E-state index contributed by atoms with van der Waals surface area (Å²) in [7, 11) is 0. The summed E-state index contributed by atoms with van der Waals surface area (Å²) in [5.41, 5.74) is 0. The molecule has 0 radical (unpaired) electrons. The standard InChI is InChI=1S/C30H54Cl2N8O6/c1-15(2)18(7)33-28(44)22(35-29(45)24(16(3)4)36-26(42)19(8)38-31)10-11-23(41)34-21-12-13-40(14-21)30(46)25(17(5)6)37-27(43)20(9)39-32/h15-22,24-25,38-39H,10-14H2,1-9H3,(H,33,44)(H,34,41)(H,35,45)(H,36,42)(H,37,43)/t18?,19-,20+,21+,22-,24?,25?/m1/s1. The van der Waals surface area contributed by atoms with Gasteiger partial charge in [-0.2, -0.15) is 0 Å². The Bertz CT molecular complexity index is 1060. The average molecular weight is 694 g/mol. The molecular formula is C30H54Cl2N8O6. The van der Waals surface area contributed by atoms with Gasteiger partial charge in [0.1, 0.15) is 18.1 Å². The van der Waals surface area contributed by atoms with Gasteiger partial charge in [-0.25, -0.2) is 9.67 Å². The molecule has 0 bridgehead atoms. The number of hydrogen-bond donors (Lipinski definition) is 7. The van der Waals surface area contributed by atoms with Crippen LogP contribution < -0.4 is 36.3 Å². The molecule has 1 fully saturated rings. The van der Waals surface area contributed by atoms with Crippen LogP contribution in [-0.2, 0) is 28.8 Å². The predicted octanol–water partition coefficient (Wildman–Crippen LogP) is 0.675. The van der Waals surface area contributed by atoms with Gasteiger partial charge >= 0.3 is 0 Å². The zero-order chi connectivity index (χ0) is 35.3. The van der Waals surface area contributed by atoms with Crippen LogP contribution in [0.15, 0.2) is 0 Å². The minimum atomic E-state index is -1.04. The minimum absolute atomic E-state index is 0.0102. The highest BCUT2D eigenvalue weighted by Crippen LogP contribution is 2.15. The number of carbonyl (C=O) groups is 6. The molecule has 7 N–H and O–H groups in total. The van der Waals surface area contributed by atoms with Crippen molar-refractivity contribution in [2.75, 3.05) is 13.1 Å². The smallest absolute Gasteiger partial charge is 0.245 e. The molecule has 0 aliphatic carbocycles. The quantitative estimate of drug-likeness (QED) is 0.102. The van der Waals surface area contributed by atoms with E-state index >= 15 is 0 Å². The average Bonchev–Trinajstić information content (AvgIpc) is 3.46. The van der Waals surface area contributed by atoms with E-state index < -0.39 is 53.8 Å². The van der Waals surface area contributed by atoms with Gasteiger partial charge in [0, 0.05) is 31.6 Å². The zero-order valence-corrected chi connectivity index (χ0v) is 30.0. The number of amides is 6. The van der Waals surface area contributed by atoms with Crippen molar-refractivity contribution in [3.05, 3.63) is 0 Å². The van der Waals surface area contributed by atoms with Crippen LogP contribution in [0.5, 0.6) is 0 Å². The number of nitrogens with zero attached hydrogens (tertiary/aromatic N) is 1. The fraction of sp³-hybridized carbons (Fsp3) is 0.800. The lowest BCUT2D eigenvalue weighted by Crippen LogP contribution is -2.58. The molecule has 0 aromatic heterocycles. The Kier molecular flexibility index (Phi) is 17.8. The van der Waals surface area contributed by atoms with Crippen molar-refractivity contribution in [3.8, 4) is 0 Å². The van der Waals surface area contributed by atoms with Crippen LogP contribution >= 0.6 is 23.6 Å². The summed E-state index contributed by atoms with van der Waals surface area (Å²) in [5, 5.41) is 13.9. The van der Waals surface area contributed by atoms with Gasteiger partial charge in [0.2, 0.25) is 35.4 Å². The molecule has 264 valence electrons. The van der Waals surface area contributed by atoms with Crippen molar-refractivity contribution in [3.63, 3.8) is 0 Å². The number of rotatable bonds is 18. The van der Waals surface area contributed by atoms with Crippen LogP contribution in [0.2, 0.25) is 0 Å². The van der Waals surface area contributed by atoms with Crippen LogP contribution in [0.3, 0.4) is 0 Å². The van der Waals surface area contributed by atoms with Gasteiger partial charge in [-0.3, -0.25) is 28.8 Å². The van der Waals surface area contributed by atoms with Crippen LogP contribution in [0.4, 0.5) is 0 Å². The summed E-state index contributed by atoms with van der Waals surface area (Å²) in [4.78, 5) is 83.8. The first-order valence-electron chi connectivity index (χ1n) is 15.9. The van der Waals surface area contributed by atoms with Crippen molar-refractivity contribution < 1.29 is 28.8 Å². The first-order valence-corrected chi connectivity index (χ1v) is 16.7. The Balaban J connectivity index is 2.91. The molecule has 1 aliphatic rings. The molecule has 1 aliphatic heterocycles. The third-order valence-electron chi connectivity index (χ3n) is 8.12. The van der Waals surface area contributed by atoms with Crippen molar-refractivity contribution in [1.82, 2.24) is 41.2 Å². The highest BCUT2D eigenvalue weighted by molar-refractivity contribution is 6.15. The maximum atomic E-state index is 13.3. The van der Waals surface area contributed by atoms with E-state index in [2.05, 4.69) is 36.3 Å². The SMILES string of the molecule is CC(C)C(C)NC(=O)[C@@H](CCC(=O)N[C@H]1CCN(C(=O)C(NC(=O)[C@H](C)NCl)C(C)C)C1)NC(=O)C(NC(=O)[C@@H](C)NCl)C(C)C. The number of nitrogens with one attached hydrogen (secondary N) is 7. The molecule has 46 heavy (non-hydrogen) atoms. The first-order chi connectivity index (χ1) is 21.4. The summed E-state index contributed by atoms with van der Waals surface area (Å²) in [6.45, 7) is 16.7. The Morgan fingerprint density at radius 3 is 1.67 bits per heavy atom. The highest BCUT2D eigenvalue weighted by atomic mass is 35.5. The largest absolute Gasteiger partial charge is 0.352 e. The summed E-state index contributed by atoms with van der Waals surface area (Å²) in [6, 6.07) is -4.67. The van der Waals surface area contributed by atoms with Crippen molar-refractivity contribution in [2.45, 2.75) is 124 Å². The second-order valence-electron chi connectivity index (χ2n) is 13.1. The molecule has 3 unspecified atom stereocenters. The molecule has 1 rings (SSSR count). The molecule has 16 heteroatoms. The van der Waals surface area contributed by atoms with Gasteiger partial charge in [-0.1, -0.05) is 41.5 Å². The van der Waals surface area contributed by atoms with Crippen LogP contribution in [0.25, 0.3) is 0 Å². The molecule has 1 heterocycles. The van der Waals surface area contributed by atoms with Crippen LogP contribution in [0.1, 0.15) is 81.6 Å². The van der Waals surface area contributed by atoms with E-state index in [1.807, 2.05) is 34.6 Å². The second kappa shape index (κ2) is 19.9. The third kappa shape index (κ3) is 13.2. The summed E-state index contributed by atoms with van der Waals surface area (Å²) >= 11 is 11.1. The van der Waals surface area contributed by atoms with E-state index in [-0.39, 0.29) is 61.0 Å². The summed E-state index contributed by atoms with van der Waals surface area (Å²) < 4.78 is 0. The number of hydrogen-bond acceptors (Lipinski definition) is 8. The van der Waals surface area contributed by atoms with Gasteiger partial charge in [-0.05, 0) is 74.9 Å². The lowest BCUT2D eigenvalue weighted by atomic mass is 10.0. The van der Waals surface area contributed by atoms with E-state index in [9.17, 15) is 28.8 Å². The maximum absolute atomic E-state index is 13.3. The van der Waals surface area contributed by atoms with Gasteiger partial charge in [0.05, 0.1) is 12.1 Å². The summed E-state index contributed by atoms with van der Waals surface area (Å²) in [6.07, 6.45) is 0.461. The lowest BCUT2D eigenvalue weighted by molar-refractivity contribution is -0.137. The van der Waals surface area contributed by atoms with Gasteiger partial charge in [0.15, 0.2) is 0 Å². The predicted molar refractivity (Wildman–Crippen MR) is 177 cm³/mol. The monoisotopic (exact) mass is 692 g/mol. The van der Waals surface area contributed by atoms with Gasteiger partial charge in [0.25, 0.3) is 0 Å². The number of halogens is 2. The Morgan fingerprint density at radius 1 is 0.674 bits per heavy atom. The molecule has 0 aromatic carbocycles. The topological polar surface area (TPSA) is 190 Å². The van der Waals surface area contributed by atoms with Crippen molar-refractivity contribution in [1.29, 1.82) is 0 Å². The van der Waals surface area contributed by atoms with Crippen molar-refractivity contribution >= 4 is 59.0 Å². The Labute approximate surface area is 283 Å². The Hall–Kier alpha value is -2.68. The maximum Gasteiger partial charge on any atom is 0.245 e. The second-order valence-corrected chi connectivity index (χ2v) is 13.5. The molecule has 0 aromatic rings. The zero-order valence-electron chi connectivity index (χ0n) is 28.5. The van der Waals surface area contributed by atoms with Gasteiger partial charge < -0.3 is 31.5 Å². The highest BCUT2D eigenvalue weighted by Gasteiger charge is 2.35. The molecule has 14 nitrogen and oxygen atoms in total. The fourth-order valence-corrected chi connectivity index (χ4v) is 4.77. The third-order valence-corrected chi connectivity index (χ3v) is 8.77. The molecule has 7 atom stereocenters. The van der Waals surface area contributed by atoms with E-state index in [4.69, 9.17) is 23.6 Å². The van der Waals surface area contributed by atoms with E-state index in [0.29, 0.717) is 13.0 Å². The van der Waals surface area contributed by atoms with E-state index in [1.54, 1.807) is 32.6 Å². The normalized spacial score (nSPS) is 18.7. The summed E-state index contributed by atoms with van der Waals surface area (Å²) in [5.74, 6) is -2.81. The van der Waals surface area contributed by atoms with Crippen molar-refractivity contribution in [2.24, 2.45) is 17.8 Å². The molecule has 0 saturated carbocycles. The number of likely N-dealkylation sites (tertiary alicyclic amines) is 1. The van der Waals surface area contributed by atoms with Gasteiger partial charge in [-0.15, -0.1) is 0 Å². The minimum Gasteiger partial charge on any atom is -0.352 e.